The molecule has 1 aromatic heterocycles. The van der Waals surface area contributed by atoms with Crippen molar-refractivity contribution in [2.45, 2.75) is 32.1 Å². The standard InChI is InChI=1S/C9H10ClIN2/c1-5-7(11)8(10)13-9(12-5)6-3-2-4-6/h6H,2-4H2,1H3. The summed E-state index contributed by atoms with van der Waals surface area (Å²) in [5, 5.41) is 0.606. The van der Waals surface area contributed by atoms with Crippen LogP contribution in [0.15, 0.2) is 0 Å². The van der Waals surface area contributed by atoms with E-state index in [1.165, 1.54) is 19.3 Å². The highest BCUT2D eigenvalue weighted by molar-refractivity contribution is 14.1. The Labute approximate surface area is 96.3 Å². The van der Waals surface area contributed by atoms with Gasteiger partial charge in [0, 0.05) is 5.92 Å². The van der Waals surface area contributed by atoms with Gasteiger partial charge in [-0.1, -0.05) is 18.0 Å². The van der Waals surface area contributed by atoms with Gasteiger partial charge in [-0.05, 0) is 42.4 Å². The number of nitrogens with zero attached hydrogens (tertiary/aromatic N) is 2. The van der Waals surface area contributed by atoms with Crippen molar-refractivity contribution >= 4 is 34.2 Å². The highest BCUT2D eigenvalue weighted by Crippen LogP contribution is 2.35. The fraction of sp³-hybridized carbons (Fsp3) is 0.556. The van der Waals surface area contributed by atoms with Gasteiger partial charge in [0.2, 0.25) is 0 Å². The highest BCUT2D eigenvalue weighted by atomic mass is 127. The molecule has 4 heteroatoms. The highest BCUT2D eigenvalue weighted by Gasteiger charge is 2.23. The van der Waals surface area contributed by atoms with E-state index in [1.807, 2.05) is 6.92 Å². The first kappa shape index (κ1) is 9.65. The molecular formula is C9H10ClIN2. The quantitative estimate of drug-likeness (QED) is 0.587. The number of rotatable bonds is 1. The predicted molar refractivity (Wildman–Crippen MR) is 61.1 cm³/mol. The number of aryl methyl sites for hydroxylation is 1. The Hall–Kier alpha value is 0.100. The van der Waals surface area contributed by atoms with E-state index in [2.05, 4.69) is 32.6 Å². The van der Waals surface area contributed by atoms with Crippen LogP contribution in [0, 0.1) is 10.5 Å². The number of halogens is 2. The Bertz CT molecular complexity index is 313. The summed E-state index contributed by atoms with van der Waals surface area (Å²) in [6.45, 7) is 1.98. The van der Waals surface area contributed by atoms with Crippen LogP contribution in [0.1, 0.15) is 36.7 Å². The largest absolute Gasteiger partial charge is 0.237 e. The average molecular weight is 309 g/mol. The van der Waals surface area contributed by atoms with Gasteiger partial charge in [-0.3, -0.25) is 0 Å². The fourth-order valence-corrected chi connectivity index (χ4v) is 1.86. The first-order valence-electron chi connectivity index (χ1n) is 4.38. The van der Waals surface area contributed by atoms with E-state index in [-0.39, 0.29) is 0 Å². The second-order valence-electron chi connectivity index (χ2n) is 3.40. The SMILES string of the molecule is Cc1nc(C2CCC2)nc(Cl)c1I. The molecule has 0 aromatic carbocycles. The summed E-state index contributed by atoms with van der Waals surface area (Å²) in [7, 11) is 0. The monoisotopic (exact) mass is 308 g/mol. The van der Waals surface area contributed by atoms with Crippen molar-refractivity contribution in [3.8, 4) is 0 Å². The van der Waals surface area contributed by atoms with Crippen LogP contribution < -0.4 is 0 Å². The molecule has 13 heavy (non-hydrogen) atoms. The molecule has 0 amide bonds. The van der Waals surface area contributed by atoms with E-state index < -0.39 is 0 Å². The molecule has 1 saturated carbocycles. The van der Waals surface area contributed by atoms with Crippen LogP contribution in [-0.2, 0) is 0 Å². The van der Waals surface area contributed by atoms with Crippen molar-refractivity contribution in [3.63, 3.8) is 0 Å². The third-order valence-electron chi connectivity index (χ3n) is 2.46. The van der Waals surface area contributed by atoms with Gasteiger partial charge >= 0.3 is 0 Å². The Morgan fingerprint density at radius 2 is 2.08 bits per heavy atom. The zero-order valence-electron chi connectivity index (χ0n) is 7.35. The number of aromatic nitrogens is 2. The minimum atomic E-state index is 0.563. The van der Waals surface area contributed by atoms with Crippen molar-refractivity contribution < 1.29 is 0 Å². The molecule has 2 nitrogen and oxygen atoms in total. The van der Waals surface area contributed by atoms with Crippen molar-refractivity contribution in [3.05, 3.63) is 20.2 Å². The fourth-order valence-electron chi connectivity index (χ4n) is 1.39. The minimum Gasteiger partial charge on any atom is -0.237 e. The van der Waals surface area contributed by atoms with Crippen LogP contribution in [0.3, 0.4) is 0 Å². The summed E-state index contributed by atoms with van der Waals surface area (Å²) in [5.74, 6) is 1.50. The molecule has 0 atom stereocenters. The van der Waals surface area contributed by atoms with Crippen LogP contribution in [0.25, 0.3) is 0 Å². The molecule has 0 saturated heterocycles. The van der Waals surface area contributed by atoms with Gasteiger partial charge < -0.3 is 0 Å². The van der Waals surface area contributed by atoms with Crippen LogP contribution in [-0.4, -0.2) is 9.97 Å². The maximum absolute atomic E-state index is 5.99. The molecule has 0 bridgehead atoms. The van der Waals surface area contributed by atoms with Crippen LogP contribution in [0.5, 0.6) is 0 Å². The van der Waals surface area contributed by atoms with E-state index in [0.29, 0.717) is 11.1 Å². The molecule has 0 radical (unpaired) electrons. The molecule has 70 valence electrons. The molecular weight excluding hydrogens is 298 g/mol. The molecule has 0 unspecified atom stereocenters. The lowest BCUT2D eigenvalue weighted by Gasteiger charge is -2.24. The zero-order valence-corrected chi connectivity index (χ0v) is 10.3. The lowest BCUT2D eigenvalue weighted by Crippen LogP contribution is -2.14. The summed E-state index contributed by atoms with van der Waals surface area (Å²) in [6, 6.07) is 0. The summed E-state index contributed by atoms with van der Waals surface area (Å²) < 4.78 is 0.974. The smallest absolute Gasteiger partial charge is 0.146 e. The molecule has 0 spiro atoms. The van der Waals surface area contributed by atoms with Gasteiger partial charge in [0.25, 0.3) is 0 Å². The van der Waals surface area contributed by atoms with Crippen molar-refractivity contribution in [2.75, 3.05) is 0 Å². The van der Waals surface area contributed by atoms with Gasteiger partial charge in [-0.15, -0.1) is 0 Å². The maximum atomic E-state index is 5.99. The van der Waals surface area contributed by atoms with Crippen molar-refractivity contribution in [1.29, 1.82) is 0 Å². The second kappa shape index (κ2) is 3.69. The van der Waals surface area contributed by atoms with Crippen molar-refractivity contribution in [2.24, 2.45) is 0 Å². The topological polar surface area (TPSA) is 25.8 Å². The van der Waals surface area contributed by atoms with E-state index in [1.54, 1.807) is 0 Å². The Kier molecular flexibility index (Phi) is 2.74. The number of hydrogen-bond acceptors (Lipinski definition) is 2. The van der Waals surface area contributed by atoms with Gasteiger partial charge in [0.1, 0.15) is 11.0 Å². The van der Waals surface area contributed by atoms with Gasteiger partial charge in [-0.25, -0.2) is 9.97 Å². The van der Waals surface area contributed by atoms with Crippen molar-refractivity contribution in [1.82, 2.24) is 9.97 Å². The Morgan fingerprint density at radius 1 is 1.38 bits per heavy atom. The summed E-state index contributed by atoms with van der Waals surface area (Å²) in [4.78, 5) is 8.75. The number of hydrogen-bond donors (Lipinski definition) is 0. The molecule has 1 aliphatic carbocycles. The lowest BCUT2D eigenvalue weighted by atomic mass is 9.85. The molecule has 0 aliphatic heterocycles. The van der Waals surface area contributed by atoms with E-state index >= 15 is 0 Å². The summed E-state index contributed by atoms with van der Waals surface area (Å²) in [5.41, 5.74) is 1.00. The third-order valence-corrected chi connectivity index (χ3v) is 4.35. The predicted octanol–water partition coefficient (Wildman–Crippen LogP) is 3.31. The van der Waals surface area contributed by atoms with Crippen LogP contribution in [0.4, 0.5) is 0 Å². The first-order valence-corrected chi connectivity index (χ1v) is 5.83. The van der Waals surface area contributed by atoms with Crippen LogP contribution in [0.2, 0.25) is 5.15 Å². The van der Waals surface area contributed by atoms with E-state index in [9.17, 15) is 0 Å². The van der Waals surface area contributed by atoms with Crippen LogP contribution >= 0.6 is 34.2 Å². The molecule has 1 heterocycles. The summed E-state index contributed by atoms with van der Waals surface area (Å²) in [6.07, 6.45) is 3.74. The minimum absolute atomic E-state index is 0.563. The molecule has 1 fully saturated rings. The zero-order chi connectivity index (χ0) is 9.42. The molecule has 1 aliphatic rings. The molecule has 2 rings (SSSR count). The van der Waals surface area contributed by atoms with E-state index in [4.69, 9.17) is 11.6 Å². The first-order chi connectivity index (χ1) is 6.18. The third kappa shape index (κ3) is 1.81. The molecule has 1 aromatic rings. The lowest BCUT2D eigenvalue weighted by molar-refractivity contribution is 0.400. The maximum Gasteiger partial charge on any atom is 0.146 e. The second-order valence-corrected chi connectivity index (χ2v) is 4.84. The van der Waals surface area contributed by atoms with Gasteiger partial charge in [-0.2, -0.15) is 0 Å². The average Bonchev–Trinajstić information content (AvgIpc) is 1.96. The normalized spacial score (nSPS) is 17.2. The van der Waals surface area contributed by atoms with Gasteiger partial charge in [0.15, 0.2) is 0 Å². The van der Waals surface area contributed by atoms with Gasteiger partial charge in [0.05, 0.1) is 9.26 Å². The Balaban J connectivity index is 2.37. The Morgan fingerprint density at radius 3 is 2.54 bits per heavy atom. The molecule has 0 N–H and O–H groups in total. The summed E-state index contributed by atoms with van der Waals surface area (Å²) >= 11 is 8.17. The van der Waals surface area contributed by atoms with E-state index in [0.717, 1.165) is 15.1 Å².